The first-order valence-electron chi connectivity index (χ1n) is 14.5. The third-order valence-electron chi connectivity index (χ3n) is 8.70. The van der Waals surface area contributed by atoms with Gasteiger partial charge < -0.3 is 20.1 Å². The molecule has 2 aromatic carbocycles. The monoisotopic (exact) mass is 637 g/mol. The van der Waals surface area contributed by atoms with Crippen molar-refractivity contribution in [1.29, 1.82) is 0 Å². The van der Waals surface area contributed by atoms with Crippen molar-refractivity contribution < 1.29 is 34.4 Å². The van der Waals surface area contributed by atoms with Crippen molar-refractivity contribution in [1.82, 2.24) is 4.90 Å². The van der Waals surface area contributed by atoms with E-state index < -0.39 is 17.8 Å². The molecule has 0 saturated carbocycles. The fourth-order valence-electron chi connectivity index (χ4n) is 6.70. The number of nitrogens with zero attached hydrogens (tertiary/aromatic N) is 1. The van der Waals surface area contributed by atoms with Crippen LogP contribution < -0.4 is 0 Å². The molecule has 0 bridgehead atoms. The fraction of sp³-hybridized carbons (Fsp3) is 0.424. The fourth-order valence-corrected chi connectivity index (χ4v) is 7.07. The van der Waals surface area contributed by atoms with Gasteiger partial charge in [0.25, 0.3) is 0 Å². The Hall–Kier alpha value is -3.27. The third kappa shape index (κ3) is 6.38. The van der Waals surface area contributed by atoms with E-state index in [0.717, 1.165) is 26.8 Å². The number of amides is 2. The van der Waals surface area contributed by atoms with Gasteiger partial charge >= 0.3 is 5.97 Å². The van der Waals surface area contributed by atoms with Crippen LogP contribution in [0.25, 0.3) is 11.6 Å². The lowest BCUT2D eigenvalue weighted by atomic mass is 9.69. The summed E-state index contributed by atoms with van der Waals surface area (Å²) >= 11 is 3.48. The lowest BCUT2D eigenvalue weighted by Gasteiger charge is -2.31. The normalized spacial score (nSPS) is 23.9. The summed E-state index contributed by atoms with van der Waals surface area (Å²) in [5.41, 5.74) is 4.51. The number of rotatable bonds is 12. The van der Waals surface area contributed by atoms with Gasteiger partial charge in [-0.3, -0.25) is 19.3 Å². The zero-order valence-corrected chi connectivity index (χ0v) is 25.0. The quantitative estimate of drug-likeness (QED) is 0.123. The van der Waals surface area contributed by atoms with E-state index in [1.165, 1.54) is 4.90 Å². The Labute approximate surface area is 253 Å². The lowest BCUT2D eigenvalue weighted by Crippen LogP contribution is -2.35. The topological polar surface area (TPSA) is 124 Å². The van der Waals surface area contributed by atoms with Gasteiger partial charge in [-0.1, -0.05) is 52.7 Å². The smallest absolute Gasteiger partial charge is 0.303 e. The first-order chi connectivity index (χ1) is 20.3. The number of aliphatic carboxylic acids is 1. The number of aliphatic hydroxyl groups excluding tert-OH is 1. The highest BCUT2D eigenvalue weighted by Gasteiger charge is 2.56. The summed E-state index contributed by atoms with van der Waals surface area (Å²) in [5.74, 6) is -2.27. The van der Waals surface area contributed by atoms with Gasteiger partial charge in [0.05, 0.1) is 31.2 Å². The van der Waals surface area contributed by atoms with Crippen LogP contribution in [0.3, 0.4) is 0 Å². The number of phenols is 1. The number of carboxylic acid groups (broad SMARTS) is 1. The van der Waals surface area contributed by atoms with Crippen LogP contribution >= 0.6 is 15.9 Å². The molecule has 9 heteroatoms. The number of phenolic OH excluding ortho intramolecular Hbond substituents is 1. The molecule has 222 valence electrons. The number of ether oxygens (including phenoxy) is 1. The predicted molar refractivity (Wildman–Crippen MR) is 161 cm³/mol. The summed E-state index contributed by atoms with van der Waals surface area (Å²) in [4.78, 5) is 38.9. The number of hydrogen-bond acceptors (Lipinski definition) is 6. The summed E-state index contributed by atoms with van der Waals surface area (Å²) in [5, 5.41) is 29.7. The van der Waals surface area contributed by atoms with Gasteiger partial charge in [0, 0.05) is 28.9 Å². The number of carbonyl (C=O) groups excluding carboxylic acids is 2. The van der Waals surface area contributed by atoms with Gasteiger partial charge in [-0.05, 0) is 78.7 Å². The summed E-state index contributed by atoms with van der Waals surface area (Å²) in [6.07, 6.45) is 5.10. The Morgan fingerprint density at radius 3 is 2.55 bits per heavy atom. The molecule has 5 rings (SSSR count). The predicted octanol–water partition coefficient (Wildman–Crippen LogP) is 5.43. The van der Waals surface area contributed by atoms with Crippen molar-refractivity contribution >= 4 is 45.4 Å². The van der Waals surface area contributed by atoms with E-state index in [4.69, 9.17) is 9.84 Å². The number of carboxylic acids is 1. The van der Waals surface area contributed by atoms with Crippen LogP contribution in [0.15, 0.2) is 64.1 Å². The van der Waals surface area contributed by atoms with E-state index in [-0.39, 0.29) is 42.6 Å². The Balaban J connectivity index is 1.33. The Morgan fingerprint density at radius 1 is 1.02 bits per heavy atom. The SMILES string of the molecule is O=C(O)CCCCCN1C(=O)[C@@H]2[C@@H](CC(CO)=C3[C@@H](CC/C(=C/c4cc(Br)ccc4O)c4ccccc4)OC[C@@H]32)C1=O. The third-order valence-corrected chi connectivity index (χ3v) is 9.20. The molecule has 2 aromatic rings. The Bertz CT molecular complexity index is 1400. The number of allylic oxidation sites excluding steroid dienone is 1. The van der Waals surface area contributed by atoms with Crippen molar-refractivity contribution in [3.8, 4) is 5.75 Å². The summed E-state index contributed by atoms with van der Waals surface area (Å²) < 4.78 is 7.14. The largest absolute Gasteiger partial charge is 0.507 e. The van der Waals surface area contributed by atoms with Gasteiger partial charge in [0.1, 0.15) is 5.75 Å². The van der Waals surface area contributed by atoms with Gasteiger partial charge in [-0.25, -0.2) is 0 Å². The number of fused-ring (bicyclic) bond motifs is 3. The molecule has 3 aliphatic rings. The molecule has 0 aromatic heterocycles. The van der Waals surface area contributed by atoms with E-state index in [1.807, 2.05) is 42.5 Å². The highest BCUT2D eigenvalue weighted by molar-refractivity contribution is 9.10. The highest BCUT2D eigenvalue weighted by Crippen LogP contribution is 2.50. The number of aliphatic hydroxyl groups is 1. The number of benzene rings is 2. The van der Waals surface area contributed by atoms with Crippen LogP contribution in [0.5, 0.6) is 5.75 Å². The van der Waals surface area contributed by atoms with Crippen LogP contribution in [0.4, 0.5) is 0 Å². The van der Waals surface area contributed by atoms with E-state index >= 15 is 0 Å². The van der Waals surface area contributed by atoms with E-state index in [2.05, 4.69) is 15.9 Å². The molecule has 3 N–H and O–H groups in total. The molecule has 2 heterocycles. The van der Waals surface area contributed by atoms with Crippen molar-refractivity contribution in [2.24, 2.45) is 17.8 Å². The minimum absolute atomic E-state index is 0.0757. The van der Waals surface area contributed by atoms with Crippen LogP contribution in [0.2, 0.25) is 0 Å². The maximum atomic E-state index is 13.5. The lowest BCUT2D eigenvalue weighted by molar-refractivity contribution is -0.141. The standard InChI is InChI=1S/C33H36BrNO7/c34-24-11-12-27(37)22(16-24)15-21(20-7-3-1-4-8-20)10-13-28-30-23(18-36)17-25-31(26(30)19-42-28)33(41)35(32(25)40)14-6-2-5-9-29(38)39/h1,3-4,7-8,11-12,15-16,25-26,28,31,36-37H,2,5-6,9-10,13-14,17-19H2,(H,38,39)/b21-15-/t25-,26+,28-,31-/m1/s1. The Kier molecular flexibility index (Phi) is 9.60. The van der Waals surface area contributed by atoms with Crippen molar-refractivity contribution in [3.05, 3.63) is 75.3 Å². The summed E-state index contributed by atoms with van der Waals surface area (Å²) in [6, 6.07) is 15.3. The van der Waals surface area contributed by atoms with Gasteiger partial charge in [0.2, 0.25) is 11.8 Å². The number of halogens is 1. The molecular weight excluding hydrogens is 602 g/mol. The van der Waals surface area contributed by atoms with Crippen molar-refractivity contribution in [2.75, 3.05) is 19.8 Å². The summed E-state index contributed by atoms with van der Waals surface area (Å²) in [7, 11) is 0. The molecule has 1 aliphatic carbocycles. The van der Waals surface area contributed by atoms with Gasteiger partial charge in [-0.2, -0.15) is 0 Å². The van der Waals surface area contributed by atoms with Gasteiger partial charge in [0.15, 0.2) is 0 Å². The summed E-state index contributed by atoms with van der Waals surface area (Å²) in [6.45, 7) is 0.435. The second-order valence-electron chi connectivity index (χ2n) is 11.3. The second kappa shape index (κ2) is 13.4. The molecule has 0 unspecified atom stereocenters. The van der Waals surface area contributed by atoms with Crippen LogP contribution in [0, 0.1) is 17.8 Å². The number of carbonyl (C=O) groups is 3. The average Bonchev–Trinajstić information content (AvgIpc) is 3.51. The molecule has 2 saturated heterocycles. The first kappa shape index (κ1) is 30.2. The van der Waals surface area contributed by atoms with E-state index in [9.17, 15) is 24.6 Å². The molecule has 4 atom stereocenters. The molecule has 0 radical (unpaired) electrons. The van der Waals surface area contributed by atoms with Crippen LogP contribution in [-0.2, 0) is 19.1 Å². The molecule has 2 aliphatic heterocycles. The van der Waals surface area contributed by atoms with Gasteiger partial charge in [-0.15, -0.1) is 0 Å². The van der Waals surface area contributed by atoms with E-state index in [1.54, 1.807) is 12.1 Å². The number of aromatic hydroxyl groups is 1. The zero-order chi connectivity index (χ0) is 29.8. The number of imide groups is 1. The molecule has 2 fully saturated rings. The maximum Gasteiger partial charge on any atom is 0.303 e. The van der Waals surface area contributed by atoms with Crippen LogP contribution in [0.1, 0.15) is 56.1 Å². The molecule has 42 heavy (non-hydrogen) atoms. The minimum atomic E-state index is -0.849. The number of likely N-dealkylation sites (tertiary alicyclic amines) is 1. The average molecular weight is 639 g/mol. The minimum Gasteiger partial charge on any atom is -0.507 e. The van der Waals surface area contributed by atoms with E-state index in [0.29, 0.717) is 57.2 Å². The zero-order valence-electron chi connectivity index (χ0n) is 23.4. The molecule has 8 nitrogen and oxygen atoms in total. The molecule has 2 amide bonds. The first-order valence-corrected chi connectivity index (χ1v) is 15.3. The highest BCUT2D eigenvalue weighted by atomic mass is 79.9. The molecule has 0 spiro atoms. The van der Waals surface area contributed by atoms with Crippen LogP contribution in [-0.4, -0.2) is 63.9 Å². The Morgan fingerprint density at radius 2 is 1.81 bits per heavy atom. The number of unbranched alkanes of at least 4 members (excludes halogenated alkanes) is 2. The number of hydrogen-bond donors (Lipinski definition) is 3. The maximum absolute atomic E-state index is 13.5. The van der Waals surface area contributed by atoms with Crippen molar-refractivity contribution in [2.45, 2.75) is 51.0 Å². The molecular formula is C33H36BrNO7. The van der Waals surface area contributed by atoms with Crippen molar-refractivity contribution in [3.63, 3.8) is 0 Å². The second-order valence-corrected chi connectivity index (χ2v) is 12.2.